The lowest BCUT2D eigenvalue weighted by Gasteiger charge is -2.33. The molecule has 0 fully saturated rings. The van der Waals surface area contributed by atoms with E-state index in [1.54, 1.807) is 19.9 Å². The van der Waals surface area contributed by atoms with Crippen LogP contribution in [0, 0.1) is 16.0 Å². The highest BCUT2D eigenvalue weighted by molar-refractivity contribution is 5.82. The number of ether oxygens (including phenoxy) is 1. The summed E-state index contributed by atoms with van der Waals surface area (Å²) in [5, 5.41) is 14.3. The number of H-pyrrole nitrogens is 2. The highest BCUT2D eigenvalue weighted by Gasteiger charge is 2.44. The Morgan fingerprint density at radius 2 is 1.93 bits per heavy atom. The summed E-state index contributed by atoms with van der Waals surface area (Å²) in [6, 6.07) is 5.80. The average Bonchev–Trinajstić information content (AvgIpc) is 2.59. The first-order chi connectivity index (χ1) is 13.2. The van der Waals surface area contributed by atoms with Gasteiger partial charge >= 0.3 is 11.7 Å². The van der Waals surface area contributed by atoms with Gasteiger partial charge in [0.15, 0.2) is 0 Å². The standard InChI is InChI=1S/C18H18N4O6/c1-8(2)28-17(24)12-9(3)19-15-14(16(23)21-18(25)20-15)13(12)10-6-4-5-7-11(10)22(26)27/h4-8,12-13H,3H2,1-2H3,(H3,19,20,21,23,25)/t12-,13+/m1/s1. The van der Waals surface area contributed by atoms with Gasteiger partial charge in [0.25, 0.3) is 11.2 Å². The molecule has 1 aliphatic rings. The Kier molecular flexibility index (Phi) is 4.87. The van der Waals surface area contributed by atoms with E-state index in [2.05, 4.69) is 21.9 Å². The third-order valence-electron chi connectivity index (χ3n) is 4.36. The average molecular weight is 386 g/mol. The van der Waals surface area contributed by atoms with Gasteiger partial charge in [-0.1, -0.05) is 24.8 Å². The van der Waals surface area contributed by atoms with Gasteiger partial charge in [-0.2, -0.15) is 0 Å². The predicted octanol–water partition coefficient (Wildman–Crippen LogP) is 1.61. The van der Waals surface area contributed by atoms with E-state index in [9.17, 15) is 24.5 Å². The first-order valence-electron chi connectivity index (χ1n) is 8.46. The summed E-state index contributed by atoms with van der Waals surface area (Å²) in [5.74, 6) is -2.83. The highest BCUT2D eigenvalue weighted by atomic mass is 16.6. The number of anilines is 1. The van der Waals surface area contributed by atoms with E-state index >= 15 is 0 Å². The number of aromatic amines is 2. The molecule has 146 valence electrons. The number of nitrogens with one attached hydrogen (secondary N) is 3. The first kappa shape index (κ1) is 19.1. The zero-order valence-electron chi connectivity index (χ0n) is 15.1. The van der Waals surface area contributed by atoms with E-state index < -0.39 is 40.1 Å². The molecule has 2 aromatic rings. The second-order valence-electron chi connectivity index (χ2n) is 6.60. The Hall–Kier alpha value is -3.69. The number of benzene rings is 1. The SMILES string of the molecule is C=C1Nc2[nH]c(=O)[nH]c(=O)c2[C@@H](c2ccccc2[N+](=O)[O-])[C@@H]1C(=O)OC(C)C. The molecule has 0 spiro atoms. The fourth-order valence-corrected chi connectivity index (χ4v) is 3.33. The Morgan fingerprint density at radius 3 is 2.57 bits per heavy atom. The predicted molar refractivity (Wildman–Crippen MR) is 100 cm³/mol. The molecule has 0 bridgehead atoms. The summed E-state index contributed by atoms with van der Waals surface area (Å²) >= 11 is 0. The topological polar surface area (TPSA) is 147 Å². The van der Waals surface area contributed by atoms with Gasteiger partial charge in [0.05, 0.1) is 16.6 Å². The van der Waals surface area contributed by atoms with Crippen LogP contribution < -0.4 is 16.6 Å². The fourth-order valence-electron chi connectivity index (χ4n) is 3.33. The van der Waals surface area contributed by atoms with Crippen LogP contribution in [0.2, 0.25) is 0 Å². The Labute approximate surface area is 158 Å². The van der Waals surface area contributed by atoms with Crippen molar-refractivity contribution in [2.75, 3.05) is 5.32 Å². The zero-order valence-corrected chi connectivity index (χ0v) is 15.1. The molecule has 10 nitrogen and oxygen atoms in total. The number of nitro benzene ring substituents is 1. The molecule has 1 aromatic carbocycles. The molecule has 3 rings (SSSR count). The van der Waals surface area contributed by atoms with E-state index in [0.717, 1.165) is 0 Å². The molecule has 0 saturated carbocycles. The maximum absolute atomic E-state index is 12.8. The molecule has 28 heavy (non-hydrogen) atoms. The van der Waals surface area contributed by atoms with Crippen LogP contribution in [0.1, 0.15) is 30.9 Å². The van der Waals surface area contributed by atoms with Crippen LogP contribution >= 0.6 is 0 Å². The zero-order chi connectivity index (χ0) is 20.6. The van der Waals surface area contributed by atoms with E-state index in [1.807, 2.05) is 0 Å². The number of aromatic nitrogens is 2. The smallest absolute Gasteiger partial charge is 0.327 e. The number of hydrogen-bond acceptors (Lipinski definition) is 7. The molecular weight excluding hydrogens is 368 g/mol. The number of fused-ring (bicyclic) bond motifs is 1. The summed E-state index contributed by atoms with van der Waals surface area (Å²) < 4.78 is 5.30. The van der Waals surface area contributed by atoms with Crippen molar-refractivity contribution < 1.29 is 14.5 Å². The molecule has 0 amide bonds. The molecule has 0 unspecified atom stereocenters. The largest absolute Gasteiger partial charge is 0.462 e. The Balaban J connectivity index is 2.31. The molecule has 2 atom stereocenters. The second-order valence-corrected chi connectivity index (χ2v) is 6.60. The number of nitrogens with zero attached hydrogens (tertiary/aromatic N) is 1. The van der Waals surface area contributed by atoms with Crippen molar-refractivity contribution in [1.82, 2.24) is 9.97 Å². The van der Waals surface area contributed by atoms with Gasteiger partial charge < -0.3 is 10.1 Å². The molecular formula is C18H18N4O6. The maximum Gasteiger partial charge on any atom is 0.327 e. The first-order valence-corrected chi connectivity index (χ1v) is 8.46. The molecule has 3 N–H and O–H groups in total. The van der Waals surface area contributed by atoms with E-state index in [4.69, 9.17) is 4.74 Å². The number of rotatable bonds is 4. The number of hydrogen-bond donors (Lipinski definition) is 3. The van der Waals surface area contributed by atoms with Crippen LogP contribution in [0.4, 0.5) is 11.5 Å². The van der Waals surface area contributed by atoms with Crippen LogP contribution in [0.5, 0.6) is 0 Å². The third-order valence-corrected chi connectivity index (χ3v) is 4.36. The van der Waals surface area contributed by atoms with Crippen molar-refractivity contribution in [2.45, 2.75) is 25.9 Å². The molecule has 2 heterocycles. The number of nitro groups is 1. The lowest BCUT2D eigenvalue weighted by molar-refractivity contribution is -0.385. The fraction of sp³-hybridized carbons (Fsp3) is 0.278. The maximum atomic E-state index is 12.8. The van der Waals surface area contributed by atoms with E-state index in [1.165, 1.54) is 18.2 Å². The second kappa shape index (κ2) is 7.14. The molecule has 1 aliphatic heterocycles. The Morgan fingerprint density at radius 1 is 1.25 bits per heavy atom. The van der Waals surface area contributed by atoms with Crippen LogP contribution in [0.15, 0.2) is 46.1 Å². The van der Waals surface area contributed by atoms with Crippen molar-refractivity contribution in [3.63, 3.8) is 0 Å². The monoisotopic (exact) mass is 386 g/mol. The Bertz CT molecular complexity index is 1080. The number of carbonyl (C=O) groups excluding carboxylic acids is 1. The van der Waals surface area contributed by atoms with Crippen molar-refractivity contribution in [1.29, 1.82) is 0 Å². The molecule has 10 heteroatoms. The van der Waals surface area contributed by atoms with E-state index in [0.29, 0.717) is 0 Å². The van der Waals surface area contributed by atoms with Gasteiger partial charge in [0.1, 0.15) is 11.7 Å². The van der Waals surface area contributed by atoms with Gasteiger partial charge in [-0.05, 0) is 13.8 Å². The third kappa shape index (κ3) is 3.31. The number of para-hydroxylation sites is 1. The normalized spacial score (nSPS) is 18.3. The molecule has 0 saturated heterocycles. The summed E-state index contributed by atoms with van der Waals surface area (Å²) in [6.45, 7) is 7.14. The van der Waals surface area contributed by atoms with Gasteiger partial charge in [-0.15, -0.1) is 0 Å². The molecule has 0 aliphatic carbocycles. The van der Waals surface area contributed by atoms with Gasteiger partial charge in [-0.25, -0.2) is 4.79 Å². The lowest BCUT2D eigenvalue weighted by Crippen LogP contribution is -2.40. The van der Waals surface area contributed by atoms with Gasteiger partial charge in [0.2, 0.25) is 0 Å². The molecule has 0 radical (unpaired) electrons. The summed E-state index contributed by atoms with van der Waals surface area (Å²) in [4.78, 5) is 52.6. The van der Waals surface area contributed by atoms with Crippen LogP contribution in [-0.4, -0.2) is 27.0 Å². The summed E-state index contributed by atoms with van der Waals surface area (Å²) in [5.41, 5.74) is -1.49. The highest BCUT2D eigenvalue weighted by Crippen LogP contribution is 2.44. The number of carbonyl (C=O) groups is 1. The quantitative estimate of drug-likeness (QED) is 0.411. The minimum atomic E-state index is -1.11. The molecule has 1 aromatic heterocycles. The number of esters is 1. The van der Waals surface area contributed by atoms with Crippen LogP contribution in [0.3, 0.4) is 0 Å². The summed E-state index contributed by atoms with van der Waals surface area (Å²) in [6.07, 6.45) is -0.443. The van der Waals surface area contributed by atoms with Crippen molar-refractivity contribution in [2.24, 2.45) is 5.92 Å². The van der Waals surface area contributed by atoms with Crippen LogP contribution in [0.25, 0.3) is 0 Å². The van der Waals surface area contributed by atoms with Crippen molar-refractivity contribution in [3.05, 3.63) is 78.6 Å². The lowest BCUT2D eigenvalue weighted by atomic mass is 9.76. The summed E-state index contributed by atoms with van der Waals surface area (Å²) in [7, 11) is 0. The minimum Gasteiger partial charge on any atom is -0.462 e. The van der Waals surface area contributed by atoms with Gasteiger partial charge in [0, 0.05) is 23.2 Å². The van der Waals surface area contributed by atoms with Crippen molar-refractivity contribution >= 4 is 17.5 Å². The minimum absolute atomic E-state index is 0.00740. The van der Waals surface area contributed by atoms with Crippen LogP contribution in [-0.2, 0) is 9.53 Å². The van der Waals surface area contributed by atoms with E-state index in [-0.39, 0.29) is 28.3 Å². The van der Waals surface area contributed by atoms with Crippen molar-refractivity contribution in [3.8, 4) is 0 Å². The van der Waals surface area contributed by atoms with Gasteiger partial charge in [-0.3, -0.25) is 29.7 Å².